The molecule has 4 nitrogen and oxygen atoms in total. The number of para-hydroxylation sites is 2. The molecule has 0 unspecified atom stereocenters. The van der Waals surface area contributed by atoms with Gasteiger partial charge in [0, 0.05) is 18.7 Å². The summed E-state index contributed by atoms with van der Waals surface area (Å²) in [4.78, 5) is 12.5. The van der Waals surface area contributed by atoms with E-state index in [0.29, 0.717) is 17.0 Å². The first-order valence-corrected chi connectivity index (χ1v) is 7.53. The van der Waals surface area contributed by atoms with Crippen LogP contribution in [0.4, 0.5) is 5.69 Å². The van der Waals surface area contributed by atoms with Crippen LogP contribution in [0, 0.1) is 0 Å². The molecule has 2 aromatic carbocycles. The Kier molecular flexibility index (Phi) is 5.64. The van der Waals surface area contributed by atoms with E-state index in [-0.39, 0.29) is 24.4 Å². The minimum atomic E-state index is -0.116. The van der Waals surface area contributed by atoms with Crippen molar-refractivity contribution in [3.05, 3.63) is 59.2 Å². The third kappa shape index (κ3) is 4.03. The number of rotatable bonds is 4. The molecule has 0 aliphatic carbocycles. The predicted molar refractivity (Wildman–Crippen MR) is 94.4 cm³/mol. The van der Waals surface area contributed by atoms with Crippen LogP contribution in [0.1, 0.15) is 35.3 Å². The molecule has 1 aliphatic rings. The van der Waals surface area contributed by atoms with Crippen molar-refractivity contribution in [1.82, 2.24) is 5.32 Å². The second-order valence-corrected chi connectivity index (χ2v) is 5.70. The van der Waals surface area contributed by atoms with Crippen molar-refractivity contribution in [2.75, 3.05) is 5.32 Å². The van der Waals surface area contributed by atoms with E-state index in [4.69, 9.17) is 4.74 Å². The Hall–Kier alpha value is -2.04. The monoisotopic (exact) mass is 332 g/mol. The van der Waals surface area contributed by atoms with Crippen LogP contribution >= 0.6 is 12.4 Å². The second kappa shape index (κ2) is 7.49. The van der Waals surface area contributed by atoms with Gasteiger partial charge in [0.1, 0.15) is 5.75 Å². The van der Waals surface area contributed by atoms with Gasteiger partial charge in [0.25, 0.3) is 5.91 Å². The van der Waals surface area contributed by atoms with Gasteiger partial charge in [-0.3, -0.25) is 4.79 Å². The zero-order valence-electron chi connectivity index (χ0n) is 13.3. The Morgan fingerprint density at radius 3 is 2.65 bits per heavy atom. The Bertz CT molecular complexity index is 701. The van der Waals surface area contributed by atoms with E-state index in [9.17, 15) is 4.79 Å². The summed E-state index contributed by atoms with van der Waals surface area (Å²) in [5.74, 6) is 0.572. The van der Waals surface area contributed by atoms with Crippen LogP contribution in [0.15, 0.2) is 42.5 Å². The zero-order chi connectivity index (χ0) is 15.5. The molecule has 0 saturated carbocycles. The highest BCUT2D eigenvalue weighted by atomic mass is 35.5. The summed E-state index contributed by atoms with van der Waals surface area (Å²) in [7, 11) is 0. The average molecular weight is 333 g/mol. The largest absolute Gasteiger partial charge is 0.489 e. The summed E-state index contributed by atoms with van der Waals surface area (Å²) in [6, 6.07) is 13.3. The highest BCUT2D eigenvalue weighted by Crippen LogP contribution is 2.26. The molecule has 23 heavy (non-hydrogen) atoms. The number of hydrogen-bond donors (Lipinski definition) is 2. The Morgan fingerprint density at radius 2 is 1.87 bits per heavy atom. The van der Waals surface area contributed by atoms with Crippen molar-refractivity contribution >= 4 is 24.0 Å². The summed E-state index contributed by atoms with van der Waals surface area (Å²) >= 11 is 0. The topological polar surface area (TPSA) is 50.4 Å². The molecule has 0 bridgehead atoms. The maximum Gasteiger partial charge on any atom is 0.255 e. The molecule has 122 valence electrons. The number of anilines is 1. The van der Waals surface area contributed by atoms with Crippen molar-refractivity contribution < 1.29 is 9.53 Å². The minimum absolute atomic E-state index is 0. The Morgan fingerprint density at radius 1 is 1.13 bits per heavy atom. The molecule has 2 N–H and O–H groups in total. The maximum absolute atomic E-state index is 12.5. The van der Waals surface area contributed by atoms with Gasteiger partial charge in [-0.1, -0.05) is 18.2 Å². The van der Waals surface area contributed by atoms with Crippen molar-refractivity contribution in [2.45, 2.75) is 33.0 Å². The quantitative estimate of drug-likeness (QED) is 0.896. The van der Waals surface area contributed by atoms with Crippen molar-refractivity contribution in [1.29, 1.82) is 0 Å². The van der Waals surface area contributed by atoms with Crippen molar-refractivity contribution in [2.24, 2.45) is 0 Å². The lowest BCUT2D eigenvalue weighted by atomic mass is 10.1. The van der Waals surface area contributed by atoms with Gasteiger partial charge in [-0.05, 0) is 49.2 Å². The fourth-order valence-electron chi connectivity index (χ4n) is 2.56. The molecule has 1 aliphatic heterocycles. The summed E-state index contributed by atoms with van der Waals surface area (Å²) in [6.45, 7) is 5.63. The first-order chi connectivity index (χ1) is 10.6. The molecule has 2 aromatic rings. The van der Waals surface area contributed by atoms with Crippen LogP contribution in [0.3, 0.4) is 0 Å². The van der Waals surface area contributed by atoms with E-state index in [0.717, 1.165) is 13.1 Å². The van der Waals surface area contributed by atoms with E-state index >= 15 is 0 Å². The third-order valence-electron chi connectivity index (χ3n) is 3.60. The number of carbonyl (C=O) groups excluding carboxylic acids is 1. The highest BCUT2D eigenvalue weighted by Gasteiger charge is 2.15. The smallest absolute Gasteiger partial charge is 0.255 e. The van der Waals surface area contributed by atoms with Gasteiger partial charge in [0.15, 0.2) is 0 Å². The maximum atomic E-state index is 12.5. The average Bonchev–Trinajstić information content (AvgIpc) is 2.96. The molecule has 3 rings (SSSR count). The summed E-state index contributed by atoms with van der Waals surface area (Å²) in [5, 5.41) is 6.22. The lowest BCUT2D eigenvalue weighted by molar-refractivity contribution is 0.102. The standard InChI is InChI=1S/C18H20N2O2.ClH/c1-12(2)22-17-6-4-3-5-16(17)20-18(21)13-7-8-14-10-19-11-15(14)9-13;/h3-9,12,19H,10-11H2,1-2H3,(H,20,21);1H. The summed E-state index contributed by atoms with van der Waals surface area (Å²) in [6.07, 6.45) is 0.0594. The number of fused-ring (bicyclic) bond motifs is 1. The molecule has 0 saturated heterocycles. The van der Waals surface area contributed by atoms with Gasteiger partial charge >= 0.3 is 0 Å². The number of halogens is 1. The number of nitrogens with one attached hydrogen (secondary N) is 2. The Balaban J connectivity index is 0.00000192. The zero-order valence-corrected chi connectivity index (χ0v) is 14.1. The molecule has 5 heteroatoms. The van der Waals surface area contributed by atoms with Gasteiger partial charge in [0.05, 0.1) is 11.8 Å². The van der Waals surface area contributed by atoms with E-state index in [1.807, 2.05) is 56.3 Å². The van der Waals surface area contributed by atoms with E-state index in [2.05, 4.69) is 10.6 Å². The van der Waals surface area contributed by atoms with E-state index in [1.165, 1.54) is 11.1 Å². The van der Waals surface area contributed by atoms with Gasteiger partial charge in [0.2, 0.25) is 0 Å². The fourth-order valence-corrected chi connectivity index (χ4v) is 2.56. The molecule has 0 aromatic heterocycles. The normalized spacial score (nSPS) is 12.5. The predicted octanol–water partition coefficient (Wildman–Crippen LogP) is 3.75. The molecule has 0 fully saturated rings. The Labute approximate surface area is 142 Å². The van der Waals surface area contributed by atoms with Gasteiger partial charge in [-0.2, -0.15) is 0 Å². The lowest BCUT2D eigenvalue weighted by Crippen LogP contribution is -2.14. The first kappa shape index (κ1) is 17.3. The van der Waals surface area contributed by atoms with Crippen molar-refractivity contribution in [3.8, 4) is 5.75 Å². The van der Waals surface area contributed by atoms with Crippen LogP contribution in [0.25, 0.3) is 0 Å². The van der Waals surface area contributed by atoms with Crippen LogP contribution < -0.4 is 15.4 Å². The fraction of sp³-hybridized carbons (Fsp3) is 0.278. The van der Waals surface area contributed by atoms with E-state index in [1.54, 1.807) is 0 Å². The van der Waals surface area contributed by atoms with Gasteiger partial charge in [-0.25, -0.2) is 0 Å². The third-order valence-corrected chi connectivity index (χ3v) is 3.60. The van der Waals surface area contributed by atoms with Crippen molar-refractivity contribution in [3.63, 3.8) is 0 Å². The van der Waals surface area contributed by atoms with Crippen LogP contribution in [0.2, 0.25) is 0 Å². The number of benzene rings is 2. The molecule has 0 spiro atoms. The second-order valence-electron chi connectivity index (χ2n) is 5.70. The molecule has 0 radical (unpaired) electrons. The lowest BCUT2D eigenvalue weighted by Gasteiger charge is -2.15. The van der Waals surface area contributed by atoms with Crippen LogP contribution in [0.5, 0.6) is 5.75 Å². The molecular weight excluding hydrogens is 312 g/mol. The van der Waals surface area contributed by atoms with Gasteiger partial charge in [-0.15, -0.1) is 12.4 Å². The molecule has 0 atom stereocenters. The summed E-state index contributed by atoms with van der Waals surface area (Å²) in [5.41, 5.74) is 3.82. The minimum Gasteiger partial charge on any atom is -0.489 e. The SMILES string of the molecule is CC(C)Oc1ccccc1NC(=O)c1ccc2c(c1)CNC2.Cl. The van der Waals surface area contributed by atoms with Crippen LogP contribution in [-0.2, 0) is 13.1 Å². The number of hydrogen-bond acceptors (Lipinski definition) is 3. The molecule has 1 heterocycles. The highest BCUT2D eigenvalue weighted by molar-refractivity contribution is 6.05. The number of ether oxygens (including phenoxy) is 1. The number of carbonyl (C=O) groups is 1. The molecular formula is C18H21ClN2O2. The first-order valence-electron chi connectivity index (χ1n) is 7.53. The van der Waals surface area contributed by atoms with Crippen LogP contribution in [-0.4, -0.2) is 12.0 Å². The number of amides is 1. The summed E-state index contributed by atoms with van der Waals surface area (Å²) < 4.78 is 5.73. The van der Waals surface area contributed by atoms with Gasteiger partial charge < -0.3 is 15.4 Å². The van der Waals surface area contributed by atoms with E-state index < -0.39 is 0 Å². The molecule has 1 amide bonds.